The van der Waals surface area contributed by atoms with Crippen molar-refractivity contribution in [2.45, 2.75) is 36.5 Å². The van der Waals surface area contributed by atoms with Gasteiger partial charge in [-0.1, -0.05) is 23.7 Å². The number of amides is 1. The normalized spacial score (nSPS) is 17.3. The summed E-state index contributed by atoms with van der Waals surface area (Å²) in [6.07, 6.45) is -3.60. The topological polar surface area (TPSA) is 119 Å². The number of nitrogens with zero attached hydrogens (tertiary/aromatic N) is 4. The molecule has 13 heteroatoms. The van der Waals surface area contributed by atoms with Gasteiger partial charge in [0.2, 0.25) is 20.0 Å². The Kier molecular flexibility index (Phi) is 7.65. The van der Waals surface area contributed by atoms with Crippen LogP contribution < -0.4 is 10.6 Å². The van der Waals surface area contributed by atoms with E-state index in [-0.39, 0.29) is 35.1 Å². The second-order valence-electron chi connectivity index (χ2n) is 7.27. The SMILES string of the molecule is NCc1c(Cl)cccc1S(=O)(=O)N1CCC[C@H](N=[N+]=NC(=O)c2cccc(C(F)(F)F)c2)C1. The third-order valence-corrected chi connectivity index (χ3v) is 7.35. The molecule has 1 aliphatic rings. The molecule has 0 aliphatic carbocycles. The molecule has 1 atom stereocenters. The first kappa shape index (κ1) is 25.0. The highest BCUT2D eigenvalue weighted by Crippen LogP contribution is 2.30. The maximum Gasteiger partial charge on any atom is 0.416 e. The molecule has 0 radical (unpaired) electrons. The van der Waals surface area contributed by atoms with E-state index in [2.05, 4.69) is 15.1 Å². The maximum atomic E-state index is 13.1. The lowest BCUT2D eigenvalue weighted by atomic mass is 10.1. The second-order valence-corrected chi connectivity index (χ2v) is 9.58. The van der Waals surface area contributed by atoms with Gasteiger partial charge in [0, 0.05) is 35.8 Å². The molecule has 0 unspecified atom stereocenters. The highest BCUT2D eigenvalue weighted by Gasteiger charge is 2.34. The Morgan fingerprint density at radius 3 is 2.67 bits per heavy atom. The van der Waals surface area contributed by atoms with Crippen molar-refractivity contribution in [3.63, 3.8) is 0 Å². The summed E-state index contributed by atoms with van der Waals surface area (Å²) < 4.78 is 65.9. The fourth-order valence-electron chi connectivity index (χ4n) is 3.38. The van der Waals surface area contributed by atoms with Gasteiger partial charge in [0.15, 0.2) is 0 Å². The molecule has 2 aromatic carbocycles. The third kappa shape index (κ3) is 5.84. The molecule has 176 valence electrons. The van der Waals surface area contributed by atoms with Gasteiger partial charge in [0.25, 0.3) is 0 Å². The molecule has 1 fully saturated rings. The number of halogens is 4. The molecule has 0 saturated carbocycles. The van der Waals surface area contributed by atoms with Gasteiger partial charge in [-0.3, -0.25) is 4.79 Å². The second kappa shape index (κ2) is 10.1. The molecule has 2 N–H and O–H groups in total. The van der Waals surface area contributed by atoms with Crippen LogP contribution in [-0.2, 0) is 22.7 Å². The van der Waals surface area contributed by atoms with E-state index in [1.165, 1.54) is 22.5 Å². The van der Waals surface area contributed by atoms with Crippen LogP contribution in [0.1, 0.15) is 34.3 Å². The van der Waals surface area contributed by atoms with E-state index in [4.69, 9.17) is 17.3 Å². The first-order valence-corrected chi connectivity index (χ1v) is 11.7. The first-order chi connectivity index (χ1) is 15.5. The lowest BCUT2D eigenvalue weighted by Crippen LogP contribution is -2.42. The lowest BCUT2D eigenvalue weighted by Gasteiger charge is -2.28. The minimum absolute atomic E-state index is 0.00434. The van der Waals surface area contributed by atoms with E-state index in [9.17, 15) is 26.4 Å². The molecule has 2 aromatic rings. The quantitative estimate of drug-likeness (QED) is 0.494. The number of hydrogen-bond acceptors (Lipinski definition) is 5. The molecule has 0 bridgehead atoms. The predicted molar refractivity (Wildman–Crippen MR) is 114 cm³/mol. The van der Waals surface area contributed by atoms with Crippen molar-refractivity contribution < 1.29 is 26.4 Å². The van der Waals surface area contributed by atoms with Crippen LogP contribution in [0, 0.1) is 0 Å². The van der Waals surface area contributed by atoms with E-state index >= 15 is 0 Å². The van der Waals surface area contributed by atoms with Gasteiger partial charge in [0.1, 0.15) is 11.2 Å². The predicted octanol–water partition coefficient (Wildman–Crippen LogP) is 3.78. The Balaban J connectivity index is 1.75. The minimum Gasteiger partial charge on any atom is -0.326 e. The third-order valence-electron chi connectivity index (χ3n) is 5.04. The Bertz CT molecular complexity index is 1210. The molecular formula is C20H20ClF3N5O3S+. The van der Waals surface area contributed by atoms with Gasteiger partial charge in [-0.05, 0) is 43.2 Å². The van der Waals surface area contributed by atoms with Gasteiger partial charge in [-0.15, -0.1) is 0 Å². The Morgan fingerprint density at radius 2 is 1.97 bits per heavy atom. The Labute approximate surface area is 193 Å². The number of sulfonamides is 1. The van der Waals surface area contributed by atoms with Crippen LogP contribution in [0.3, 0.4) is 0 Å². The van der Waals surface area contributed by atoms with Crippen molar-refractivity contribution >= 4 is 27.5 Å². The van der Waals surface area contributed by atoms with Gasteiger partial charge < -0.3 is 5.73 Å². The summed E-state index contributed by atoms with van der Waals surface area (Å²) in [6.45, 7) is 0.197. The molecule has 1 amide bonds. The molecule has 8 nitrogen and oxygen atoms in total. The van der Waals surface area contributed by atoms with E-state index in [1.54, 1.807) is 6.07 Å². The fourth-order valence-corrected chi connectivity index (χ4v) is 5.46. The smallest absolute Gasteiger partial charge is 0.326 e. The number of alkyl halides is 3. The highest BCUT2D eigenvalue weighted by atomic mass is 35.5. The summed E-state index contributed by atoms with van der Waals surface area (Å²) in [5.74, 6) is -0.989. The van der Waals surface area contributed by atoms with E-state index < -0.39 is 33.7 Å². The van der Waals surface area contributed by atoms with E-state index in [0.29, 0.717) is 24.5 Å². The minimum atomic E-state index is -4.60. The number of carbonyl (C=O) groups excluding carboxylic acids is 1. The average Bonchev–Trinajstić information content (AvgIpc) is 2.78. The van der Waals surface area contributed by atoms with Gasteiger partial charge in [-0.25, -0.2) is 8.42 Å². The summed E-state index contributed by atoms with van der Waals surface area (Å²) in [5, 5.41) is 7.49. The van der Waals surface area contributed by atoms with Crippen molar-refractivity contribution in [2.24, 2.45) is 16.0 Å². The van der Waals surface area contributed by atoms with Crippen LogP contribution in [-0.4, -0.2) is 37.8 Å². The summed E-state index contributed by atoms with van der Waals surface area (Å²) in [4.78, 5) is 15.5. The summed E-state index contributed by atoms with van der Waals surface area (Å²) in [5.41, 5.74) is 4.72. The molecule has 3 rings (SSSR count). The standard InChI is InChI=1S/C20H20ClF3N5O3S/c21-17-7-2-8-18(16(17)11-25)33(31,32)29-9-3-6-15(12-29)26-28-27-19(30)13-4-1-5-14(10-13)20(22,23)24/h1-2,4-5,7-8,10,15H,3,6,9,11-12,25H2/q+1/t15-/m0/s1. The summed E-state index contributed by atoms with van der Waals surface area (Å²) in [6, 6.07) is 7.72. The number of nitrogens with two attached hydrogens (primary N) is 1. The molecule has 0 aromatic heterocycles. The summed E-state index contributed by atoms with van der Waals surface area (Å²) in [7, 11) is -3.90. The summed E-state index contributed by atoms with van der Waals surface area (Å²) >= 11 is 6.08. The zero-order valence-corrected chi connectivity index (χ0v) is 18.7. The largest absolute Gasteiger partial charge is 0.416 e. The number of carbonyl (C=O) groups is 1. The van der Waals surface area contributed by atoms with Crippen LogP contribution in [0.4, 0.5) is 13.2 Å². The average molecular weight is 503 g/mol. The monoisotopic (exact) mass is 502 g/mol. The number of benzene rings is 2. The molecule has 33 heavy (non-hydrogen) atoms. The highest BCUT2D eigenvalue weighted by molar-refractivity contribution is 7.89. The van der Waals surface area contributed by atoms with Crippen molar-refractivity contribution in [3.8, 4) is 0 Å². The van der Waals surface area contributed by atoms with Gasteiger partial charge in [-0.2, -0.15) is 17.5 Å². The van der Waals surface area contributed by atoms with Crippen molar-refractivity contribution in [1.29, 1.82) is 0 Å². The number of hydrogen-bond donors (Lipinski definition) is 1. The molecule has 1 saturated heterocycles. The first-order valence-electron chi connectivity index (χ1n) is 9.84. The van der Waals surface area contributed by atoms with Crippen LogP contribution in [0.25, 0.3) is 0 Å². The molecule has 1 heterocycles. The van der Waals surface area contributed by atoms with Crippen LogP contribution in [0.5, 0.6) is 0 Å². The van der Waals surface area contributed by atoms with Gasteiger partial charge >= 0.3 is 12.1 Å². The number of piperidine rings is 1. The number of rotatable bonds is 5. The zero-order chi connectivity index (χ0) is 24.2. The molecular weight excluding hydrogens is 483 g/mol. The van der Waals surface area contributed by atoms with Crippen LogP contribution >= 0.6 is 11.6 Å². The lowest BCUT2D eigenvalue weighted by molar-refractivity contribution is -0.137. The molecule has 0 spiro atoms. The van der Waals surface area contributed by atoms with Gasteiger partial charge in [0.05, 0.1) is 10.5 Å². The van der Waals surface area contributed by atoms with Crippen molar-refractivity contribution in [3.05, 3.63) is 64.2 Å². The Morgan fingerprint density at radius 1 is 1.24 bits per heavy atom. The van der Waals surface area contributed by atoms with E-state index in [1.807, 2.05) is 0 Å². The van der Waals surface area contributed by atoms with E-state index in [0.717, 1.165) is 12.1 Å². The maximum absolute atomic E-state index is 13.1. The van der Waals surface area contributed by atoms with Crippen molar-refractivity contribution in [1.82, 2.24) is 9.22 Å². The van der Waals surface area contributed by atoms with Crippen LogP contribution in [0.2, 0.25) is 5.02 Å². The fraction of sp³-hybridized carbons (Fsp3) is 0.350. The Hall–Kier alpha value is -2.63. The van der Waals surface area contributed by atoms with Crippen molar-refractivity contribution in [2.75, 3.05) is 13.1 Å². The zero-order valence-electron chi connectivity index (χ0n) is 17.2. The molecule has 1 aliphatic heterocycles. The van der Waals surface area contributed by atoms with Crippen LogP contribution in [0.15, 0.2) is 57.6 Å².